The van der Waals surface area contributed by atoms with E-state index in [1.165, 1.54) is 0 Å². The monoisotopic (exact) mass is 611 g/mol. The average molecular weight is 612 g/mol. The van der Waals surface area contributed by atoms with Crippen LogP contribution in [-0.2, 0) is 0 Å². The second-order valence-electron chi connectivity index (χ2n) is 11.2. The first kappa shape index (κ1) is 15.4. The maximum absolute atomic E-state index is 9.88. The molecule has 9 aromatic carbocycles. The zero-order valence-electron chi connectivity index (χ0n) is 39.4. The summed E-state index contributed by atoms with van der Waals surface area (Å²) in [6.07, 6.45) is 0. The zero-order chi connectivity index (χ0) is 44.0. The molecule has 10 rings (SSSR count). The Balaban J connectivity index is 1.44. The molecule has 10 aromatic rings. The molecule has 1 nitrogen and oxygen atoms in total. The van der Waals surface area contributed by atoms with Crippen LogP contribution < -0.4 is 0 Å². The molecule has 1 heteroatoms. The first-order chi connectivity index (χ1) is 29.6. The van der Waals surface area contributed by atoms with E-state index in [1.54, 1.807) is 78.9 Å². The van der Waals surface area contributed by atoms with Crippen LogP contribution in [0.2, 0.25) is 0 Å². The van der Waals surface area contributed by atoms with Crippen molar-refractivity contribution in [3.05, 3.63) is 169 Å². The average Bonchev–Trinajstić information content (AvgIpc) is 3.67. The second kappa shape index (κ2) is 10.2. The van der Waals surface area contributed by atoms with Crippen molar-refractivity contribution < 1.29 is 25.0 Å². The molecule has 218 valence electrons. The lowest BCUT2D eigenvalue weighted by Gasteiger charge is -2.19. The van der Waals surface area contributed by atoms with Crippen molar-refractivity contribution in [2.45, 2.75) is 0 Å². The molecule has 0 unspecified atom stereocenters. The van der Waals surface area contributed by atoms with E-state index in [1.807, 2.05) is 0 Å². The van der Waals surface area contributed by atoms with Gasteiger partial charge in [0.05, 0.1) is 20.6 Å². The van der Waals surface area contributed by atoms with Crippen LogP contribution in [0, 0.1) is 0 Å². The lowest BCUT2D eigenvalue weighted by atomic mass is 9.83. The molecular weight excluding hydrogens is 569 g/mol. The Morgan fingerprint density at radius 2 is 1.04 bits per heavy atom. The van der Waals surface area contributed by atoms with Gasteiger partial charge in [-0.05, 0) is 95.3 Å². The first-order valence-corrected chi connectivity index (χ1v) is 15.0. The van der Waals surface area contributed by atoms with Crippen molar-refractivity contribution in [2.24, 2.45) is 0 Å². The molecule has 1 aromatic heterocycles. The molecule has 0 radical (unpaired) electrons. The minimum atomic E-state index is -0.595. The highest BCUT2D eigenvalue weighted by Crippen LogP contribution is 2.48. The molecule has 0 aliphatic carbocycles. The van der Waals surface area contributed by atoms with E-state index in [0.717, 1.165) is 0 Å². The smallest absolute Gasteiger partial charge is 0.143 e. The van der Waals surface area contributed by atoms with Gasteiger partial charge in [-0.3, -0.25) is 0 Å². The zero-order valence-corrected chi connectivity index (χ0v) is 24.4. The molecule has 0 aliphatic heterocycles. The fraction of sp³-hybridized carbons (Fsp3) is 0. The predicted molar refractivity (Wildman–Crippen MR) is 200 cm³/mol. The van der Waals surface area contributed by atoms with Gasteiger partial charge in [0.1, 0.15) is 11.2 Å². The van der Waals surface area contributed by atoms with Gasteiger partial charge in [0.2, 0.25) is 0 Å². The van der Waals surface area contributed by atoms with Crippen molar-refractivity contribution in [3.63, 3.8) is 0 Å². The van der Waals surface area contributed by atoms with Crippen LogP contribution in [-0.4, -0.2) is 0 Å². The van der Waals surface area contributed by atoms with Gasteiger partial charge >= 0.3 is 0 Å². The molecule has 0 spiro atoms. The molecule has 0 saturated carbocycles. The Kier molecular flexibility index (Phi) is 3.33. The van der Waals surface area contributed by atoms with E-state index < -0.39 is 72.5 Å². The standard InChI is InChI=1S/C46H28O/c1-2-13-29(14-3-1)41-28-32(27-31-16-5-6-17-33(31)41)43-35-19-8-10-21-37(35)44(38-22-11-9-20-36(38)43)39-23-12-24-42-45(39)40-26-25-30-15-4-7-18-34(30)46(40)47-42/h1-28H/i4D,5D,6D,7D,12D,15D,16D,17D,18D,23D,24D,25D,26D,27D,28D. The van der Waals surface area contributed by atoms with Crippen molar-refractivity contribution in [1.29, 1.82) is 0 Å². The molecule has 0 fully saturated rings. The van der Waals surface area contributed by atoms with E-state index in [9.17, 15) is 5.48 Å². The van der Waals surface area contributed by atoms with Crippen LogP contribution in [0.25, 0.3) is 98.4 Å². The number of hydrogen-bond acceptors (Lipinski definition) is 1. The minimum Gasteiger partial charge on any atom is -0.455 e. The van der Waals surface area contributed by atoms with E-state index in [-0.39, 0.29) is 78.3 Å². The Morgan fingerprint density at radius 1 is 0.404 bits per heavy atom. The van der Waals surface area contributed by atoms with Crippen LogP contribution in [0.4, 0.5) is 0 Å². The van der Waals surface area contributed by atoms with Crippen molar-refractivity contribution in [2.75, 3.05) is 0 Å². The third kappa shape index (κ3) is 3.90. The quantitative estimate of drug-likeness (QED) is 0.181. The predicted octanol–water partition coefficient (Wildman–Crippen LogP) is 13.2. The number of hydrogen-bond donors (Lipinski definition) is 0. The van der Waals surface area contributed by atoms with Crippen LogP contribution in [0.5, 0.6) is 0 Å². The molecule has 0 saturated heterocycles. The summed E-state index contributed by atoms with van der Waals surface area (Å²) in [6.45, 7) is 0. The normalized spacial score (nSPS) is 16.3. The fourth-order valence-electron chi connectivity index (χ4n) is 6.71. The van der Waals surface area contributed by atoms with Crippen LogP contribution >= 0.6 is 0 Å². The maximum Gasteiger partial charge on any atom is 0.143 e. The lowest BCUT2D eigenvalue weighted by Crippen LogP contribution is -1.92. The summed E-state index contributed by atoms with van der Waals surface area (Å²) >= 11 is 0. The molecule has 1 heterocycles. The summed E-state index contributed by atoms with van der Waals surface area (Å²) in [4.78, 5) is 0. The Bertz CT molecular complexity index is 3630. The van der Waals surface area contributed by atoms with E-state index >= 15 is 0 Å². The van der Waals surface area contributed by atoms with Crippen molar-refractivity contribution >= 4 is 65.0 Å². The molecule has 0 amide bonds. The SMILES string of the molecule is [2H]c1c([2H])c(-c2c3ccccc3c(-c3c([2H])c(-c4ccccc4)c4c([2H])c([2H])c([2H])c([2H])c4c3[2H])c3ccccc23)c2c(oc3c4c([2H])c([2H])c([2H])c([2H])c4c([2H])c([2H])c32)c1[2H]. The number of furan rings is 1. The van der Waals surface area contributed by atoms with Crippen molar-refractivity contribution in [3.8, 4) is 33.4 Å². The third-order valence-electron chi connectivity index (χ3n) is 8.68. The molecule has 0 aliphatic rings. The van der Waals surface area contributed by atoms with Crippen LogP contribution in [0.1, 0.15) is 20.6 Å². The Hall–Kier alpha value is -6.18. The van der Waals surface area contributed by atoms with Crippen molar-refractivity contribution in [1.82, 2.24) is 0 Å². The maximum atomic E-state index is 9.88. The van der Waals surface area contributed by atoms with Gasteiger partial charge in [-0.1, -0.05) is 145 Å². The summed E-state index contributed by atoms with van der Waals surface area (Å²) in [5.74, 6) is 0. The van der Waals surface area contributed by atoms with E-state index in [2.05, 4.69) is 0 Å². The van der Waals surface area contributed by atoms with Gasteiger partial charge in [-0.15, -0.1) is 0 Å². The molecule has 0 N–H and O–H groups in total. The Morgan fingerprint density at radius 3 is 1.79 bits per heavy atom. The lowest BCUT2D eigenvalue weighted by molar-refractivity contribution is 0.673. The van der Waals surface area contributed by atoms with Gasteiger partial charge in [0.15, 0.2) is 0 Å². The first-order valence-electron chi connectivity index (χ1n) is 22.5. The fourth-order valence-corrected chi connectivity index (χ4v) is 6.71. The van der Waals surface area contributed by atoms with Gasteiger partial charge in [0.25, 0.3) is 0 Å². The Labute approximate surface area is 293 Å². The van der Waals surface area contributed by atoms with Gasteiger partial charge in [-0.2, -0.15) is 0 Å². The van der Waals surface area contributed by atoms with Gasteiger partial charge in [-0.25, -0.2) is 0 Å². The minimum absolute atomic E-state index is 0.0253. The highest BCUT2D eigenvalue weighted by atomic mass is 16.3. The third-order valence-corrected chi connectivity index (χ3v) is 8.68. The second-order valence-corrected chi connectivity index (χ2v) is 11.2. The molecular formula is C46H28O. The van der Waals surface area contributed by atoms with E-state index in [0.29, 0.717) is 38.2 Å². The largest absolute Gasteiger partial charge is 0.455 e. The molecule has 0 bridgehead atoms. The van der Waals surface area contributed by atoms with E-state index in [4.69, 9.17) is 19.5 Å². The molecule has 47 heavy (non-hydrogen) atoms. The number of benzene rings is 9. The number of rotatable bonds is 3. The number of fused-ring (bicyclic) bond motifs is 8. The highest BCUT2D eigenvalue weighted by molar-refractivity contribution is 6.27. The van der Waals surface area contributed by atoms with Crippen LogP contribution in [0.15, 0.2) is 174 Å². The summed E-state index contributed by atoms with van der Waals surface area (Å²) in [5.41, 5.74) is 1.18. The molecule has 0 atom stereocenters. The summed E-state index contributed by atoms with van der Waals surface area (Å²) in [6, 6.07) is 15.9. The summed E-state index contributed by atoms with van der Waals surface area (Å²) in [5, 5.41) is 1.35. The summed E-state index contributed by atoms with van der Waals surface area (Å²) in [7, 11) is 0. The summed E-state index contributed by atoms with van der Waals surface area (Å²) < 4.78 is 141. The van der Waals surface area contributed by atoms with Crippen LogP contribution in [0.3, 0.4) is 0 Å². The van der Waals surface area contributed by atoms with Gasteiger partial charge < -0.3 is 4.42 Å². The topological polar surface area (TPSA) is 13.1 Å². The highest BCUT2D eigenvalue weighted by Gasteiger charge is 2.21. The van der Waals surface area contributed by atoms with Gasteiger partial charge in [0, 0.05) is 16.2 Å².